The van der Waals surface area contributed by atoms with Crippen LogP contribution in [0.2, 0.25) is 5.02 Å². The van der Waals surface area contributed by atoms with Crippen molar-refractivity contribution in [1.29, 1.82) is 0 Å². The minimum Gasteiger partial charge on any atom is -0.324 e. The fraction of sp³-hybridized carbons (Fsp3) is 0.400. The molecule has 0 aliphatic heterocycles. The highest BCUT2D eigenvalue weighted by Gasteiger charge is 2.26. The Labute approximate surface area is 171 Å². The number of aryl methyl sites for hydroxylation is 3. The monoisotopic (exact) mass is 416 g/mol. The first-order valence-corrected chi connectivity index (χ1v) is 10.7. The molecule has 0 radical (unpaired) electrons. The van der Waals surface area contributed by atoms with Gasteiger partial charge in [-0.1, -0.05) is 29.8 Å². The van der Waals surface area contributed by atoms with Gasteiger partial charge in [-0.2, -0.15) is 4.68 Å². The molecule has 8 heteroatoms. The van der Waals surface area contributed by atoms with Crippen LogP contribution in [0.15, 0.2) is 23.0 Å². The van der Waals surface area contributed by atoms with Gasteiger partial charge >= 0.3 is 0 Å². The Morgan fingerprint density at radius 2 is 2.14 bits per heavy atom. The van der Waals surface area contributed by atoms with Crippen LogP contribution < -0.4 is 10.9 Å². The summed E-state index contributed by atoms with van der Waals surface area (Å²) in [4.78, 5) is 28.1. The summed E-state index contributed by atoms with van der Waals surface area (Å²) in [5, 5.41) is 12.4. The van der Waals surface area contributed by atoms with E-state index in [0.29, 0.717) is 27.3 Å². The highest BCUT2D eigenvalue weighted by molar-refractivity contribution is 7.18. The van der Waals surface area contributed by atoms with Gasteiger partial charge in [0.25, 0.3) is 5.56 Å². The van der Waals surface area contributed by atoms with Gasteiger partial charge in [-0.25, -0.2) is 0 Å². The average Bonchev–Trinajstić information content (AvgIpc) is 3.06. The van der Waals surface area contributed by atoms with Crippen LogP contribution in [0.4, 0.5) is 5.69 Å². The summed E-state index contributed by atoms with van der Waals surface area (Å²) in [5.74, 6) is -0.298. The third-order valence-electron chi connectivity index (χ3n) is 5.25. The summed E-state index contributed by atoms with van der Waals surface area (Å²) in [6.45, 7) is 3.75. The number of hydrogen-bond acceptors (Lipinski definition) is 5. The first-order valence-electron chi connectivity index (χ1n) is 9.46. The van der Waals surface area contributed by atoms with Crippen molar-refractivity contribution in [2.45, 2.75) is 52.0 Å². The van der Waals surface area contributed by atoms with Crippen LogP contribution >= 0.6 is 22.9 Å². The van der Waals surface area contributed by atoms with Crippen LogP contribution in [0, 0.1) is 6.92 Å². The first kappa shape index (κ1) is 19.1. The van der Waals surface area contributed by atoms with Gasteiger partial charge < -0.3 is 5.32 Å². The number of amides is 1. The number of carbonyl (C=O) groups excluding carboxylic acids is 1. The van der Waals surface area contributed by atoms with E-state index < -0.39 is 6.04 Å². The van der Waals surface area contributed by atoms with E-state index in [1.54, 1.807) is 23.5 Å². The molecule has 2 aromatic heterocycles. The number of anilines is 1. The van der Waals surface area contributed by atoms with Crippen LogP contribution in [0.25, 0.3) is 10.2 Å². The van der Waals surface area contributed by atoms with E-state index in [-0.39, 0.29) is 11.5 Å². The Bertz CT molecular complexity index is 1120. The molecule has 0 saturated heterocycles. The first-order chi connectivity index (χ1) is 13.5. The number of hydrogen-bond donors (Lipinski definition) is 1. The maximum Gasteiger partial charge on any atom is 0.279 e. The van der Waals surface area contributed by atoms with Crippen molar-refractivity contribution in [3.8, 4) is 0 Å². The molecule has 0 bridgehead atoms. The second-order valence-corrected chi connectivity index (χ2v) is 8.62. The molecule has 4 rings (SSSR count). The lowest BCUT2D eigenvalue weighted by atomic mass is 9.97. The van der Waals surface area contributed by atoms with E-state index in [0.717, 1.165) is 36.8 Å². The molecule has 1 unspecified atom stereocenters. The fourth-order valence-corrected chi connectivity index (χ4v) is 5.07. The second-order valence-electron chi connectivity index (χ2n) is 7.10. The standard InChI is InChI=1S/C20H21ClN4O2S/c1-3-15(18(26)22-14-10-12(21)9-8-11(14)2)25-20(27)17-13-6-4-5-7-16(13)28-19(17)23-24-25/h8-10,15H,3-7H2,1-2H3,(H,22,26). The lowest BCUT2D eigenvalue weighted by Gasteiger charge is -2.17. The van der Waals surface area contributed by atoms with Crippen molar-refractivity contribution in [3.05, 3.63) is 49.6 Å². The van der Waals surface area contributed by atoms with Crippen molar-refractivity contribution in [3.63, 3.8) is 0 Å². The molecule has 2 heterocycles. The van der Waals surface area contributed by atoms with Crippen molar-refractivity contribution in [2.75, 3.05) is 5.32 Å². The maximum absolute atomic E-state index is 13.2. The Hall–Kier alpha value is -2.25. The number of fused-ring (bicyclic) bond motifs is 3. The molecular formula is C20H21ClN4O2S. The average molecular weight is 417 g/mol. The van der Waals surface area contributed by atoms with E-state index in [1.807, 2.05) is 19.9 Å². The van der Waals surface area contributed by atoms with Crippen LogP contribution in [-0.2, 0) is 17.6 Å². The van der Waals surface area contributed by atoms with Crippen LogP contribution in [0.5, 0.6) is 0 Å². The highest BCUT2D eigenvalue weighted by atomic mass is 35.5. The number of nitrogens with one attached hydrogen (secondary N) is 1. The lowest BCUT2D eigenvalue weighted by Crippen LogP contribution is -2.35. The van der Waals surface area contributed by atoms with Gasteiger partial charge in [0.1, 0.15) is 6.04 Å². The number of rotatable bonds is 4. The summed E-state index contributed by atoms with van der Waals surface area (Å²) in [6, 6.07) is 4.58. The van der Waals surface area contributed by atoms with Crippen molar-refractivity contribution < 1.29 is 4.79 Å². The quantitative estimate of drug-likeness (QED) is 0.688. The van der Waals surface area contributed by atoms with Gasteiger partial charge in [-0.05, 0) is 62.3 Å². The minimum absolute atomic E-state index is 0.228. The largest absolute Gasteiger partial charge is 0.324 e. The molecule has 3 aromatic rings. The Morgan fingerprint density at radius 1 is 1.36 bits per heavy atom. The Balaban J connectivity index is 1.72. The zero-order valence-corrected chi connectivity index (χ0v) is 17.4. The Kier molecular flexibility index (Phi) is 5.21. The van der Waals surface area contributed by atoms with Gasteiger partial charge in [-0.15, -0.1) is 16.4 Å². The minimum atomic E-state index is -0.734. The summed E-state index contributed by atoms with van der Waals surface area (Å²) < 4.78 is 1.24. The van der Waals surface area contributed by atoms with Gasteiger partial charge in [-0.3, -0.25) is 9.59 Å². The van der Waals surface area contributed by atoms with Crippen LogP contribution in [0.3, 0.4) is 0 Å². The van der Waals surface area contributed by atoms with E-state index in [4.69, 9.17) is 11.6 Å². The second kappa shape index (κ2) is 7.64. The van der Waals surface area contributed by atoms with Gasteiger partial charge in [0.15, 0.2) is 4.83 Å². The topological polar surface area (TPSA) is 76.9 Å². The number of halogens is 1. The van der Waals surface area contributed by atoms with E-state index in [2.05, 4.69) is 15.6 Å². The van der Waals surface area contributed by atoms with Crippen molar-refractivity contribution in [1.82, 2.24) is 15.0 Å². The zero-order valence-electron chi connectivity index (χ0n) is 15.8. The van der Waals surface area contributed by atoms with E-state index in [9.17, 15) is 9.59 Å². The van der Waals surface area contributed by atoms with E-state index in [1.165, 1.54) is 9.56 Å². The molecule has 1 aliphatic carbocycles. The molecule has 0 spiro atoms. The predicted molar refractivity (Wildman–Crippen MR) is 112 cm³/mol. The molecule has 1 aliphatic rings. The summed E-state index contributed by atoms with van der Waals surface area (Å²) in [7, 11) is 0. The summed E-state index contributed by atoms with van der Waals surface area (Å²) in [6.07, 6.45) is 4.52. The number of aromatic nitrogens is 3. The molecule has 28 heavy (non-hydrogen) atoms. The number of thiophene rings is 1. The molecule has 1 amide bonds. The zero-order chi connectivity index (χ0) is 19.8. The van der Waals surface area contributed by atoms with Gasteiger partial charge in [0.05, 0.1) is 5.39 Å². The fourth-order valence-electron chi connectivity index (χ4n) is 3.70. The summed E-state index contributed by atoms with van der Waals surface area (Å²) >= 11 is 7.60. The predicted octanol–water partition coefficient (Wildman–Crippen LogP) is 4.28. The SMILES string of the molecule is CCC(C(=O)Nc1cc(Cl)ccc1C)n1nnc2sc3c(c2c1=O)CCCC3. The normalized spacial score (nSPS) is 14.7. The molecule has 146 valence electrons. The van der Waals surface area contributed by atoms with Crippen LogP contribution in [0.1, 0.15) is 48.2 Å². The maximum atomic E-state index is 13.2. The van der Waals surface area contributed by atoms with Crippen LogP contribution in [-0.4, -0.2) is 20.9 Å². The molecule has 1 N–H and O–H groups in total. The molecular weight excluding hydrogens is 396 g/mol. The molecule has 1 aromatic carbocycles. The van der Waals surface area contributed by atoms with Crippen molar-refractivity contribution >= 4 is 44.7 Å². The molecule has 0 fully saturated rings. The summed E-state index contributed by atoms with van der Waals surface area (Å²) in [5.41, 5.74) is 2.40. The molecule has 1 atom stereocenters. The van der Waals surface area contributed by atoms with Crippen molar-refractivity contribution in [2.24, 2.45) is 0 Å². The highest BCUT2D eigenvalue weighted by Crippen LogP contribution is 2.33. The third-order valence-corrected chi connectivity index (χ3v) is 6.66. The Morgan fingerprint density at radius 3 is 2.93 bits per heavy atom. The smallest absolute Gasteiger partial charge is 0.279 e. The molecule has 0 saturated carbocycles. The van der Waals surface area contributed by atoms with Gasteiger partial charge in [0, 0.05) is 15.6 Å². The number of carbonyl (C=O) groups is 1. The van der Waals surface area contributed by atoms with Gasteiger partial charge in [0.2, 0.25) is 5.91 Å². The number of benzene rings is 1. The lowest BCUT2D eigenvalue weighted by molar-refractivity contribution is -0.119. The van der Waals surface area contributed by atoms with E-state index >= 15 is 0 Å². The molecule has 6 nitrogen and oxygen atoms in total. The number of nitrogens with zero attached hydrogens (tertiary/aromatic N) is 3. The third kappa shape index (κ3) is 3.33.